The summed E-state index contributed by atoms with van der Waals surface area (Å²) in [7, 11) is 1.22. The summed E-state index contributed by atoms with van der Waals surface area (Å²) in [6, 6.07) is 3.42. The Balaban J connectivity index is 2.99. The van der Waals surface area contributed by atoms with Crippen molar-refractivity contribution in [1.82, 2.24) is 0 Å². The Labute approximate surface area is 154 Å². The van der Waals surface area contributed by atoms with Gasteiger partial charge in [0.05, 0.1) is 37.8 Å². The average molecular weight is 424 g/mol. The molecule has 0 aliphatic rings. The van der Waals surface area contributed by atoms with Gasteiger partial charge in [0.25, 0.3) is 0 Å². The van der Waals surface area contributed by atoms with Gasteiger partial charge >= 0.3 is 6.18 Å². The van der Waals surface area contributed by atoms with Gasteiger partial charge in [0.15, 0.2) is 0 Å². The molecule has 0 N–H and O–H groups in total. The van der Waals surface area contributed by atoms with E-state index in [1.54, 1.807) is 0 Å². The van der Waals surface area contributed by atoms with Crippen LogP contribution in [-0.4, -0.2) is 7.11 Å². The number of alkyl halides is 3. The number of halogens is 8. The summed E-state index contributed by atoms with van der Waals surface area (Å²) >= 11 is 29.9. The van der Waals surface area contributed by atoms with E-state index >= 15 is 0 Å². The Morgan fingerprint density at radius 1 is 0.783 bits per heavy atom. The van der Waals surface area contributed by atoms with Gasteiger partial charge in [0, 0.05) is 11.1 Å². The Morgan fingerprint density at radius 3 is 1.70 bits per heavy atom. The zero-order chi connectivity index (χ0) is 17.5. The molecular formula is C14H6Cl5F3O. The highest BCUT2D eigenvalue weighted by molar-refractivity contribution is 6.56. The molecular weight excluding hydrogens is 418 g/mol. The number of hydrogen-bond donors (Lipinski definition) is 0. The minimum atomic E-state index is -4.67. The van der Waals surface area contributed by atoms with E-state index in [4.69, 9.17) is 62.7 Å². The molecule has 9 heteroatoms. The van der Waals surface area contributed by atoms with E-state index in [0.29, 0.717) is 0 Å². The van der Waals surface area contributed by atoms with Crippen LogP contribution in [0, 0.1) is 0 Å². The molecule has 124 valence electrons. The summed E-state index contributed by atoms with van der Waals surface area (Å²) < 4.78 is 45.1. The zero-order valence-electron chi connectivity index (χ0n) is 11.2. The van der Waals surface area contributed by atoms with Crippen LogP contribution in [0.2, 0.25) is 25.1 Å². The summed E-state index contributed by atoms with van der Waals surface area (Å²) in [5.41, 5.74) is -1.55. The highest BCUT2D eigenvalue weighted by Gasteiger charge is 2.37. The second-order valence-electron chi connectivity index (χ2n) is 4.33. The fourth-order valence-corrected chi connectivity index (χ4v) is 3.35. The number of rotatable bonds is 2. The Morgan fingerprint density at radius 2 is 1.26 bits per heavy atom. The van der Waals surface area contributed by atoms with Gasteiger partial charge in [-0.15, -0.1) is 0 Å². The van der Waals surface area contributed by atoms with Crippen molar-refractivity contribution in [2.45, 2.75) is 6.18 Å². The van der Waals surface area contributed by atoms with Crippen LogP contribution in [0.3, 0.4) is 0 Å². The lowest BCUT2D eigenvalue weighted by atomic mass is 9.97. The van der Waals surface area contributed by atoms with Crippen LogP contribution in [-0.2, 0) is 6.18 Å². The third kappa shape index (κ3) is 3.33. The maximum absolute atomic E-state index is 13.4. The van der Waals surface area contributed by atoms with Crippen molar-refractivity contribution in [1.29, 1.82) is 0 Å². The van der Waals surface area contributed by atoms with E-state index < -0.39 is 11.7 Å². The molecule has 0 unspecified atom stereocenters. The Hall–Kier alpha value is -0.520. The second kappa shape index (κ2) is 6.77. The molecule has 0 radical (unpaired) electrons. The Bertz CT molecular complexity index is 745. The summed E-state index contributed by atoms with van der Waals surface area (Å²) in [5, 5.41) is -1.04. The maximum atomic E-state index is 13.4. The number of hydrogen-bond acceptors (Lipinski definition) is 1. The molecule has 0 spiro atoms. The summed E-state index contributed by atoms with van der Waals surface area (Å²) in [5.74, 6) is -0.0851. The van der Waals surface area contributed by atoms with Crippen LogP contribution in [0.5, 0.6) is 5.75 Å². The lowest BCUT2D eigenvalue weighted by Crippen LogP contribution is -2.08. The first kappa shape index (κ1) is 18.8. The highest BCUT2D eigenvalue weighted by Crippen LogP contribution is 2.52. The summed E-state index contributed by atoms with van der Waals surface area (Å²) in [6.07, 6.45) is -4.67. The molecule has 0 aliphatic heterocycles. The fraction of sp³-hybridized carbons (Fsp3) is 0.143. The third-order valence-electron chi connectivity index (χ3n) is 3.01. The molecule has 0 amide bonds. The predicted octanol–water partition coefficient (Wildman–Crippen LogP) is 7.65. The molecule has 1 nitrogen and oxygen atoms in total. The van der Waals surface area contributed by atoms with Crippen LogP contribution in [0.1, 0.15) is 5.56 Å². The van der Waals surface area contributed by atoms with Crippen molar-refractivity contribution < 1.29 is 17.9 Å². The molecule has 0 bridgehead atoms. The molecule has 0 heterocycles. The van der Waals surface area contributed by atoms with Gasteiger partial charge in [0.2, 0.25) is 0 Å². The van der Waals surface area contributed by atoms with Crippen molar-refractivity contribution >= 4 is 58.0 Å². The quantitative estimate of drug-likeness (QED) is 0.355. The van der Waals surface area contributed by atoms with Crippen molar-refractivity contribution in [2.75, 3.05) is 7.11 Å². The van der Waals surface area contributed by atoms with Crippen LogP contribution < -0.4 is 4.74 Å². The predicted molar refractivity (Wildman–Crippen MR) is 88.5 cm³/mol. The van der Waals surface area contributed by atoms with Gasteiger partial charge in [-0.25, -0.2) is 0 Å². The van der Waals surface area contributed by atoms with E-state index in [2.05, 4.69) is 0 Å². The molecule has 0 atom stereocenters. The molecule has 2 aromatic carbocycles. The van der Waals surface area contributed by atoms with E-state index in [0.717, 1.165) is 6.07 Å². The summed E-state index contributed by atoms with van der Waals surface area (Å²) in [4.78, 5) is 0. The van der Waals surface area contributed by atoms with Crippen LogP contribution in [0.25, 0.3) is 11.1 Å². The minimum absolute atomic E-state index is 0.0851. The van der Waals surface area contributed by atoms with Gasteiger partial charge in [-0.2, -0.15) is 13.2 Å². The standard InChI is InChI=1S/C14H6Cl5F3O/c1-23-6-4-2-3-5(14(20,21)22)7(6)8-9(15)11(17)13(19)12(18)10(8)16/h2-4H,1H3. The first-order chi connectivity index (χ1) is 10.6. The van der Waals surface area contributed by atoms with Crippen molar-refractivity contribution in [2.24, 2.45) is 0 Å². The summed E-state index contributed by atoms with van der Waals surface area (Å²) in [6.45, 7) is 0. The second-order valence-corrected chi connectivity index (χ2v) is 6.22. The number of methoxy groups -OCH3 is 1. The largest absolute Gasteiger partial charge is 0.496 e. The molecule has 0 fully saturated rings. The maximum Gasteiger partial charge on any atom is 0.417 e. The first-order valence-corrected chi connectivity index (χ1v) is 7.76. The molecule has 2 aromatic rings. The lowest BCUT2D eigenvalue weighted by molar-refractivity contribution is -0.137. The molecule has 0 aliphatic carbocycles. The van der Waals surface area contributed by atoms with E-state index in [-0.39, 0.29) is 42.0 Å². The van der Waals surface area contributed by atoms with Gasteiger partial charge in [0.1, 0.15) is 5.75 Å². The monoisotopic (exact) mass is 422 g/mol. The average Bonchev–Trinajstić information content (AvgIpc) is 2.50. The van der Waals surface area contributed by atoms with Gasteiger partial charge in [-0.05, 0) is 12.1 Å². The molecule has 0 saturated heterocycles. The van der Waals surface area contributed by atoms with Gasteiger partial charge in [-0.1, -0.05) is 64.1 Å². The van der Waals surface area contributed by atoms with Crippen molar-refractivity contribution in [3.8, 4) is 16.9 Å². The van der Waals surface area contributed by atoms with Gasteiger partial charge in [-0.3, -0.25) is 0 Å². The first-order valence-electron chi connectivity index (χ1n) is 5.87. The van der Waals surface area contributed by atoms with Crippen LogP contribution in [0.15, 0.2) is 18.2 Å². The van der Waals surface area contributed by atoms with Crippen molar-refractivity contribution in [3.63, 3.8) is 0 Å². The topological polar surface area (TPSA) is 9.23 Å². The molecule has 2 rings (SSSR count). The normalized spacial score (nSPS) is 11.7. The van der Waals surface area contributed by atoms with Gasteiger partial charge < -0.3 is 4.74 Å². The molecule has 0 saturated carbocycles. The third-order valence-corrected chi connectivity index (χ3v) is 5.29. The molecule has 23 heavy (non-hydrogen) atoms. The number of ether oxygens (including phenoxy) is 1. The van der Waals surface area contributed by atoms with E-state index in [9.17, 15) is 13.2 Å². The molecule has 0 aromatic heterocycles. The van der Waals surface area contributed by atoms with E-state index in [1.807, 2.05) is 0 Å². The van der Waals surface area contributed by atoms with Crippen LogP contribution >= 0.6 is 58.0 Å². The Kier molecular flexibility index (Phi) is 5.54. The van der Waals surface area contributed by atoms with E-state index in [1.165, 1.54) is 19.2 Å². The fourth-order valence-electron chi connectivity index (χ4n) is 2.02. The SMILES string of the molecule is COc1cccc(C(F)(F)F)c1-c1c(Cl)c(Cl)c(Cl)c(Cl)c1Cl. The number of benzene rings is 2. The lowest BCUT2D eigenvalue weighted by Gasteiger charge is -2.19. The minimum Gasteiger partial charge on any atom is -0.496 e. The zero-order valence-corrected chi connectivity index (χ0v) is 14.9. The highest BCUT2D eigenvalue weighted by atomic mass is 35.5. The van der Waals surface area contributed by atoms with Crippen molar-refractivity contribution in [3.05, 3.63) is 48.9 Å². The smallest absolute Gasteiger partial charge is 0.417 e. The van der Waals surface area contributed by atoms with Crippen LogP contribution in [0.4, 0.5) is 13.2 Å².